The molecule has 2 aliphatic rings. The van der Waals surface area contributed by atoms with E-state index in [9.17, 15) is 0 Å². The van der Waals surface area contributed by atoms with Gasteiger partial charge in [0, 0.05) is 25.8 Å². The zero-order chi connectivity index (χ0) is 14.1. The molecule has 0 aliphatic carbocycles. The summed E-state index contributed by atoms with van der Waals surface area (Å²) in [5.41, 5.74) is 1.90. The summed E-state index contributed by atoms with van der Waals surface area (Å²) in [6.45, 7) is 1.71. The lowest BCUT2D eigenvalue weighted by Crippen LogP contribution is -2.24. The van der Waals surface area contributed by atoms with Crippen LogP contribution in [0.3, 0.4) is 0 Å². The van der Waals surface area contributed by atoms with Crippen molar-refractivity contribution in [2.45, 2.75) is 50.9 Å². The first-order chi connectivity index (χ1) is 10.4. The fourth-order valence-electron chi connectivity index (χ4n) is 3.36. The van der Waals surface area contributed by atoms with Gasteiger partial charge in [-0.2, -0.15) is 0 Å². The van der Waals surface area contributed by atoms with Crippen LogP contribution in [-0.2, 0) is 15.9 Å². The van der Waals surface area contributed by atoms with Crippen LogP contribution in [0.2, 0.25) is 0 Å². The molecule has 5 heteroatoms. The molecule has 2 saturated heterocycles. The number of hydrogen-bond acceptors (Lipinski definition) is 4. The average Bonchev–Trinajstić information content (AvgIpc) is 3.14. The Labute approximate surface area is 124 Å². The van der Waals surface area contributed by atoms with E-state index < -0.39 is 0 Å². The Bertz CT molecular complexity index is 613. The normalized spacial score (nSPS) is 26.5. The van der Waals surface area contributed by atoms with E-state index in [1.54, 1.807) is 0 Å². The average molecular weight is 287 g/mol. The zero-order valence-corrected chi connectivity index (χ0v) is 12.2. The molecule has 0 bridgehead atoms. The highest BCUT2D eigenvalue weighted by Crippen LogP contribution is 2.29. The fourth-order valence-corrected chi connectivity index (χ4v) is 3.36. The van der Waals surface area contributed by atoms with Gasteiger partial charge in [0.05, 0.1) is 6.10 Å². The Balaban J connectivity index is 1.70. The lowest BCUT2D eigenvalue weighted by Gasteiger charge is -2.23. The van der Waals surface area contributed by atoms with E-state index in [1.807, 2.05) is 18.3 Å². The first-order valence-electron chi connectivity index (χ1n) is 7.97. The van der Waals surface area contributed by atoms with Crippen LogP contribution in [0.1, 0.15) is 44.2 Å². The van der Waals surface area contributed by atoms with Gasteiger partial charge in [0.15, 0.2) is 5.65 Å². The Morgan fingerprint density at radius 1 is 1.14 bits per heavy atom. The van der Waals surface area contributed by atoms with Crippen molar-refractivity contribution in [1.82, 2.24) is 14.5 Å². The van der Waals surface area contributed by atoms with Crippen LogP contribution in [-0.4, -0.2) is 33.9 Å². The van der Waals surface area contributed by atoms with Gasteiger partial charge >= 0.3 is 0 Å². The quantitative estimate of drug-likeness (QED) is 0.871. The third-order valence-corrected chi connectivity index (χ3v) is 4.40. The summed E-state index contributed by atoms with van der Waals surface area (Å²) in [6.07, 6.45) is 8.77. The third-order valence-electron chi connectivity index (χ3n) is 4.40. The molecule has 2 aromatic rings. The molecule has 2 atom stereocenters. The summed E-state index contributed by atoms with van der Waals surface area (Å²) in [5, 5.41) is 0. The standard InChI is InChI=1S/C16H21N3O2/c1-2-9-20-12(5-1)11-14-18-13-6-3-8-17-16(13)19(14)15-7-4-10-21-15/h3,6,8,12,15H,1-2,4-5,7,9-11H2. The molecular formula is C16H21N3O2. The van der Waals surface area contributed by atoms with Gasteiger partial charge in [0.2, 0.25) is 0 Å². The molecule has 21 heavy (non-hydrogen) atoms. The predicted octanol–water partition coefficient (Wildman–Crippen LogP) is 2.85. The highest BCUT2D eigenvalue weighted by molar-refractivity contribution is 5.71. The molecule has 4 rings (SSSR count). The molecular weight excluding hydrogens is 266 g/mol. The lowest BCUT2D eigenvalue weighted by atomic mass is 10.1. The maximum Gasteiger partial charge on any atom is 0.162 e. The summed E-state index contributed by atoms with van der Waals surface area (Å²) < 4.78 is 14.0. The van der Waals surface area contributed by atoms with Gasteiger partial charge in [-0.1, -0.05) is 0 Å². The number of nitrogens with zero attached hydrogens (tertiary/aromatic N) is 3. The molecule has 0 N–H and O–H groups in total. The highest BCUT2D eigenvalue weighted by atomic mass is 16.5. The van der Waals surface area contributed by atoms with Crippen LogP contribution in [0.25, 0.3) is 11.2 Å². The molecule has 5 nitrogen and oxygen atoms in total. The predicted molar refractivity (Wildman–Crippen MR) is 79.0 cm³/mol. The molecule has 0 saturated carbocycles. The third kappa shape index (κ3) is 2.56. The summed E-state index contributed by atoms with van der Waals surface area (Å²) >= 11 is 0. The summed E-state index contributed by atoms with van der Waals surface area (Å²) in [7, 11) is 0. The maximum absolute atomic E-state index is 5.88. The molecule has 2 fully saturated rings. The highest BCUT2D eigenvalue weighted by Gasteiger charge is 2.26. The molecule has 0 amide bonds. The van der Waals surface area contributed by atoms with E-state index in [4.69, 9.17) is 14.5 Å². The van der Waals surface area contributed by atoms with Crippen molar-refractivity contribution in [1.29, 1.82) is 0 Å². The second-order valence-electron chi connectivity index (χ2n) is 5.90. The summed E-state index contributed by atoms with van der Waals surface area (Å²) in [6, 6.07) is 3.97. The van der Waals surface area contributed by atoms with Gasteiger partial charge < -0.3 is 9.47 Å². The second kappa shape index (κ2) is 5.73. The lowest BCUT2D eigenvalue weighted by molar-refractivity contribution is 0.0117. The molecule has 0 spiro atoms. The molecule has 0 aromatic carbocycles. The summed E-state index contributed by atoms with van der Waals surface area (Å²) in [4.78, 5) is 9.31. The van der Waals surface area contributed by atoms with Crippen molar-refractivity contribution in [3.63, 3.8) is 0 Å². The van der Waals surface area contributed by atoms with E-state index in [-0.39, 0.29) is 12.3 Å². The van der Waals surface area contributed by atoms with Gasteiger partial charge in [0.25, 0.3) is 0 Å². The fraction of sp³-hybridized carbons (Fsp3) is 0.625. The number of ether oxygens (including phenoxy) is 2. The molecule has 4 heterocycles. The Morgan fingerprint density at radius 2 is 2.10 bits per heavy atom. The number of imidazole rings is 1. The van der Waals surface area contributed by atoms with E-state index in [2.05, 4.69) is 9.55 Å². The molecule has 112 valence electrons. The number of aromatic nitrogens is 3. The minimum atomic E-state index is 0.0866. The van der Waals surface area contributed by atoms with Crippen molar-refractivity contribution >= 4 is 11.2 Å². The van der Waals surface area contributed by atoms with E-state index in [0.717, 1.165) is 55.9 Å². The van der Waals surface area contributed by atoms with Crippen molar-refractivity contribution in [2.24, 2.45) is 0 Å². The second-order valence-corrected chi connectivity index (χ2v) is 5.90. The molecule has 2 aromatic heterocycles. The zero-order valence-electron chi connectivity index (χ0n) is 12.2. The molecule has 0 radical (unpaired) electrons. The van der Waals surface area contributed by atoms with Crippen molar-refractivity contribution in [3.8, 4) is 0 Å². The largest absolute Gasteiger partial charge is 0.378 e. The van der Waals surface area contributed by atoms with Crippen molar-refractivity contribution in [2.75, 3.05) is 13.2 Å². The van der Waals surface area contributed by atoms with Gasteiger partial charge in [-0.3, -0.25) is 4.57 Å². The number of fused-ring (bicyclic) bond motifs is 1. The van der Waals surface area contributed by atoms with Crippen molar-refractivity contribution < 1.29 is 9.47 Å². The van der Waals surface area contributed by atoms with Crippen LogP contribution < -0.4 is 0 Å². The Kier molecular flexibility index (Phi) is 3.61. The monoisotopic (exact) mass is 287 g/mol. The van der Waals surface area contributed by atoms with Crippen LogP contribution in [0, 0.1) is 0 Å². The van der Waals surface area contributed by atoms with Crippen LogP contribution in [0.15, 0.2) is 18.3 Å². The Hall–Kier alpha value is -1.46. The van der Waals surface area contributed by atoms with E-state index in [0.29, 0.717) is 0 Å². The van der Waals surface area contributed by atoms with Gasteiger partial charge in [-0.15, -0.1) is 0 Å². The molecule has 2 unspecified atom stereocenters. The van der Waals surface area contributed by atoms with E-state index in [1.165, 1.54) is 12.8 Å². The SMILES string of the molecule is c1cnc2c(c1)nc(CC1CCCCO1)n2C1CCCO1. The Morgan fingerprint density at radius 3 is 2.90 bits per heavy atom. The van der Waals surface area contributed by atoms with Crippen LogP contribution in [0.5, 0.6) is 0 Å². The number of pyridine rings is 1. The minimum absolute atomic E-state index is 0.0866. The van der Waals surface area contributed by atoms with E-state index >= 15 is 0 Å². The topological polar surface area (TPSA) is 49.2 Å². The van der Waals surface area contributed by atoms with Crippen LogP contribution in [0.4, 0.5) is 0 Å². The first kappa shape index (κ1) is 13.2. The minimum Gasteiger partial charge on any atom is -0.378 e. The smallest absolute Gasteiger partial charge is 0.162 e. The van der Waals surface area contributed by atoms with Gasteiger partial charge in [-0.05, 0) is 44.2 Å². The number of rotatable bonds is 3. The van der Waals surface area contributed by atoms with Gasteiger partial charge in [0.1, 0.15) is 17.6 Å². The maximum atomic E-state index is 5.88. The van der Waals surface area contributed by atoms with Gasteiger partial charge in [-0.25, -0.2) is 9.97 Å². The number of hydrogen-bond donors (Lipinski definition) is 0. The van der Waals surface area contributed by atoms with Crippen molar-refractivity contribution in [3.05, 3.63) is 24.2 Å². The molecule has 2 aliphatic heterocycles. The van der Waals surface area contributed by atoms with Crippen LogP contribution >= 0.6 is 0 Å². The summed E-state index contributed by atoms with van der Waals surface area (Å²) in [5.74, 6) is 1.06. The first-order valence-corrected chi connectivity index (χ1v) is 7.97.